The van der Waals surface area contributed by atoms with Gasteiger partial charge < -0.3 is 20.1 Å². The summed E-state index contributed by atoms with van der Waals surface area (Å²) in [5.41, 5.74) is 3.74. The van der Waals surface area contributed by atoms with E-state index < -0.39 is 17.9 Å². The molecule has 0 spiro atoms. The van der Waals surface area contributed by atoms with Crippen LogP contribution in [-0.2, 0) is 29.0 Å². The lowest BCUT2D eigenvalue weighted by atomic mass is 9.99. The van der Waals surface area contributed by atoms with Gasteiger partial charge >= 0.3 is 5.97 Å². The molecule has 1 aromatic heterocycles. The number of rotatable bonds is 11. The zero-order valence-corrected chi connectivity index (χ0v) is 20.1. The molecular weight excluding hydrogens is 460 g/mol. The Morgan fingerprint density at radius 2 is 1.63 bits per heavy atom. The predicted octanol–water partition coefficient (Wildman–Crippen LogP) is 4.65. The number of aliphatic carboxylic acids is 1. The molecule has 0 aliphatic heterocycles. The van der Waals surface area contributed by atoms with Gasteiger partial charge in [0.15, 0.2) is 0 Å². The number of benzene rings is 3. The molecule has 0 saturated carbocycles. The molecule has 180 valence electrons. The number of carbonyl (C=O) groups is 2. The average Bonchev–Trinajstić information content (AvgIpc) is 3.28. The minimum absolute atomic E-state index is 0.147. The van der Waals surface area contributed by atoms with Crippen LogP contribution in [0.4, 0.5) is 0 Å². The second kappa shape index (κ2) is 11.6. The number of H-pyrrole nitrogens is 1. The third kappa shape index (κ3) is 6.45. The molecule has 0 radical (unpaired) electrons. The van der Waals surface area contributed by atoms with Gasteiger partial charge in [0, 0.05) is 29.3 Å². The van der Waals surface area contributed by atoms with Gasteiger partial charge in [-0.1, -0.05) is 60.7 Å². The molecule has 4 rings (SSSR count). The number of thiol groups is 1. The van der Waals surface area contributed by atoms with Crippen molar-refractivity contribution in [2.75, 3.05) is 5.75 Å². The molecule has 35 heavy (non-hydrogen) atoms. The van der Waals surface area contributed by atoms with E-state index in [-0.39, 0.29) is 12.3 Å². The van der Waals surface area contributed by atoms with Gasteiger partial charge in [-0.2, -0.15) is 12.6 Å². The topological polar surface area (TPSA) is 91.4 Å². The molecule has 1 unspecified atom stereocenters. The first-order chi connectivity index (χ1) is 17.0. The lowest BCUT2D eigenvalue weighted by Gasteiger charge is -2.19. The Balaban J connectivity index is 1.46. The Morgan fingerprint density at radius 1 is 0.943 bits per heavy atom. The van der Waals surface area contributed by atoms with Crippen molar-refractivity contribution in [2.45, 2.75) is 25.5 Å². The van der Waals surface area contributed by atoms with Crippen molar-refractivity contribution in [3.8, 4) is 5.75 Å². The normalized spacial score (nSPS) is 12.7. The van der Waals surface area contributed by atoms with E-state index >= 15 is 0 Å². The van der Waals surface area contributed by atoms with Crippen molar-refractivity contribution in [2.24, 2.45) is 5.92 Å². The predicted molar refractivity (Wildman–Crippen MR) is 140 cm³/mol. The van der Waals surface area contributed by atoms with Gasteiger partial charge in [0.2, 0.25) is 5.91 Å². The minimum atomic E-state index is -1.08. The minimum Gasteiger partial charge on any atom is -0.489 e. The van der Waals surface area contributed by atoms with E-state index in [4.69, 9.17) is 4.74 Å². The number of carbonyl (C=O) groups excluding carboxylic acids is 1. The highest BCUT2D eigenvalue weighted by molar-refractivity contribution is 7.80. The Bertz CT molecular complexity index is 1270. The van der Waals surface area contributed by atoms with Crippen LogP contribution < -0.4 is 10.1 Å². The number of amides is 1. The number of ether oxygens (including phenoxy) is 1. The number of carboxylic acid groups (broad SMARTS) is 1. The standard InChI is InChI=1S/C28H28N2O4S/c31-27(22(18-35)13-19-7-3-1-4-8-19)30-26(28(32)33)14-21-16-29-25-12-11-23(15-24(21)25)34-17-20-9-5-2-6-10-20/h1-12,15-16,22,26,29,35H,13-14,17-18H2,(H,30,31)(H,32,33)/t22-,26?/m1/s1. The van der Waals surface area contributed by atoms with Crippen LogP contribution >= 0.6 is 12.6 Å². The number of carboxylic acids is 1. The van der Waals surface area contributed by atoms with Gasteiger partial charge in [-0.15, -0.1) is 0 Å². The summed E-state index contributed by atoms with van der Waals surface area (Å²) in [6.07, 6.45) is 2.43. The number of fused-ring (bicyclic) bond motifs is 1. The maximum Gasteiger partial charge on any atom is 0.326 e. The fourth-order valence-electron chi connectivity index (χ4n) is 4.01. The molecule has 0 saturated heterocycles. The summed E-state index contributed by atoms with van der Waals surface area (Å²) in [5.74, 6) is -0.813. The second-order valence-electron chi connectivity index (χ2n) is 8.47. The largest absolute Gasteiger partial charge is 0.489 e. The van der Waals surface area contributed by atoms with Gasteiger partial charge in [-0.3, -0.25) is 4.79 Å². The van der Waals surface area contributed by atoms with E-state index in [1.54, 1.807) is 6.20 Å². The molecule has 1 heterocycles. The summed E-state index contributed by atoms with van der Waals surface area (Å²) in [5, 5.41) is 13.4. The summed E-state index contributed by atoms with van der Waals surface area (Å²) in [7, 11) is 0. The molecule has 0 aliphatic rings. The number of aromatic nitrogens is 1. The highest BCUT2D eigenvalue weighted by atomic mass is 32.1. The second-order valence-corrected chi connectivity index (χ2v) is 8.83. The van der Waals surface area contributed by atoms with Crippen LogP contribution in [0.2, 0.25) is 0 Å². The molecule has 0 bridgehead atoms. The van der Waals surface area contributed by atoms with Crippen LogP contribution in [0.1, 0.15) is 16.7 Å². The van der Waals surface area contributed by atoms with Gasteiger partial charge in [-0.25, -0.2) is 4.79 Å². The molecule has 3 aromatic carbocycles. The van der Waals surface area contributed by atoms with Crippen molar-refractivity contribution in [3.05, 3.63) is 102 Å². The third-order valence-corrected chi connectivity index (χ3v) is 6.38. The monoisotopic (exact) mass is 488 g/mol. The molecule has 0 fully saturated rings. The van der Waals surface area contributed by atoms with E-state index in [9.17, 15) is 14.7 Å². The zero-order valence-electron chi connectivity index (χ0n) is 19.2. The lowest BCUT2D eigenvalue weighted by Crippen LogP contribution is -2.45. The summed E-state index contributed by atoms with van der Waals surface area (Å²) in [4.78, 5) is 28.1. The average molecular weight is 489 g/mol. The fraction of sp³-hybridized carbons (Fsp3) is 0.214. The summed E-state index contributed by atoms with van der Waals surface area (Å²) in [6, 6.07) is 24.1. The van der Waals surface area contributed by atoms with Crippen molar-refractivity contribution >= 4 is 35.4 Å². The fourth-order valence-corrected chi connectivity index (χ4v) is 4.30. The smallest absolute Gasteiger partial charge is 0.326 e. The first-order valence-corrected chi connectivity index (χ1v) is 12.1. The summed E-state index contributed by atoms with van der Waals surface area (Å²) in [6.45, 7) is 0.437. The molecule has 2 atom stereocenters. The summed E-state index contributed by atoms with van der Waals surface area (Å²) < 4.78 is 5.94. The SMILES string of the molecule is O=C(O)C(Cc1c[nH]c2ccc(OCc3ccccc3)cc12)NC(=O)[C@@H](CS)Cc1ccccc1. The van der Waals surface area contributed by atoms with E-state index in [0.29, 0.717) is 24.5 Å². The first kappa shape index (κ1) is 24.4. The Labute approximate surface area is 209 Å². The molecule has 7 heteroatoms. The van der Waals surface area contributed by atoms with Crippen LogP contribution in [-0.4, -0.2) is 33.8 Å². The first-order valence-electron chi connectivity index (χ1n) is 11.5. The van der Waals surface area contributed by atoms with Crippen molar-refractivity contribution in [1.29, 1.82) is 0 Å². The Morgan fingerprint density at radius 3 is 2.29 bits per heavy atom. The van der Waals surface area contributed by atoms with Gasteiger partial charge in [-0.05, 0) is 41.3 Å². The van der Waals surface area contributed by atoms with Crippen LogP contribution in [0.25, 0.3) is 10.9 Å². The van der Waals surface area contributed by atoms with Crippen LogP contribution in [0, 0.1) is 5.92 Å². The van der Waals surface area contributed by atoms with Gasteiger partial charge in [0.1, 0.15) is 18.4 Å². The maximum absolute atomic E-state index is 12.9. The van der Waals surface area contributed by atoms with Gasteiger partial charge in [0.25, 0.3) is 0 Å². The number of hydrogen-bond donors (Lipinski definition) is 4. The third-order valence-electron chi connectivity index (χ3n) is 5.94. The van der Waals surface area contributed by atoms with Crippen LogP contribution in [0.3, 0.4) is 0 Å². The quantitative estimate of drug-likeness (QED) is 0.231. The molecule has 6 nitrogen and oxygen atoms in total. The molecular formula is C28H28N2O4S. The van der Waals surface area contributed by atoms with E-state index in [0.717, 1.165) is 27.6 Å². The number of aromatic amines is 1. The molecule has 1 amide bonds. The van der Waals surface area contributed by atoms with Crippen molar-refractivity contribution in [1.82, 2.24) is 10.3 Å². The molecule has 0 aliphatic carbocycles. The molecule has 3 N–H and O–H groups in total. The zero-order chi connectivity index (χ0) is 24.6. The van der Waals surface area contributed by atoms with E-state index in [2.05, 4.69) is 22.9 Å². The van der Waals surface area contributed by atoms with Gasteiger partial charge in [0.05, 0.1) is 5.92 Å². The van der Waals surface area contributed by atoms with E-state index in [1.165, 1.54) is 0 Å². The Kier molecular flexibility index (Phi) is 8.11. The number of nitrogens with one attached hydrogen (secondary N) is 2. The lowest BCUT2D eigenvalue weighted by molar-refractivity contribution is -0.142. The highest BCUT2D eigenvalue weighted by Crippen LogP contribution is 2.25. The summed E-state index contributed by atoms with van der Waals surface area (Å²) >= 11 is 4.33. The number of hydrogen-bond acceptors (Lipinski definition) is 4. The highest BCUT2D eigenvalue weighted by Gasteiger charge is 2.26. The maximum atomic E-state index is 12.9. The van der Waals surface area contributed by atoms with E-state index in [1.807, 2.05) is 78.9 Å². The Hall–Kier alpha value is -3.71. The van der Waals surface area contributed by atoms with Crippen molar-refractivity contribution < 1.29 is 19.4 Å². The molecule has 4 aromatic rings. The van der Waals surface area contributed by atoms with Crippen LogP contribution in [0.5, 0.6) is 5.75 Å². The van der Waals surface area contributed by atoms with Crippen molar-refractivity contribution in [3.63, 3.8) is 0 Å². The van der Waals surface area contributed by atoms with Crippen LogP contribution in [0.15, 0.2) is 85.1 Å².